The molecule has 0 radical (unpaired) electrons. The van der Waals surface area contributed by atoms with Crippen molar-refractivity contribution in [2.75, 3.05) is 26.1 Å². The number of amides is 2. The van der Waals surface area contributed by atoms with Crippen LogP contribution >= 0.6 is 0 Å². The fourth-order valence-corrected chi connectivity index (χ4v) is 2.24. The molecule has 1 unspecified atom stereocenters. The first-order valence-electron chi connectivity index (χ1n) is 7.86. The Morgan fingerprint density at radius 3 is 2.58 bits per heavy atom. The van der Waals surface area contributed by atoms with Gasteiger partial charge in [0.25, 0.3) is 0 Å². The summed E-state index contributed by atoms with van der Waals surface area (Å²) in [6.45, 7) is 4.71. The highest BCUT2D eigenvalue weighted by molar-refractivity contribution is 5.88. The number of carbonyl (C=O) groups is 1. The Labute approximate surface area is 142 Å². The fourth-order valence-electron chi connectivity index (χ4n) is 2.24. The summed E-state index contributed by atoms with van der Waals surface area (Å²) in [6, 6.07) is 6.79. The van der Waals surface area contributed by atoms with Gasteiger partial charge in [-0.15, -0.1) is 0 Å². The zero-order valence-corrected chi connectivity index (χ0v) is 14.5. The number of benzene rings is 1. The number of hydrogen-bond acceptors (Lipinski definition) is 4. The van der Waals surface area contributed by atoms with Crippen LogP contribution in [0.3, 0.4) is 0 Å². The molecule has 0 bridgehead atoms. The van der Waals surface area contributed by atoms with Crippen LogP contribution in [0.5, 0.6) is 5.75 Å². The van der Waals surface area contributed by atoms with Crippen LogP contribution in [0.2, 0.25) is 0 Å². The molecule has 24 heavy (non-hydrogen) atoms. The van der Waals surface area contributed by atoms with Gasteiger partial charge in [-0.2, -0.15) is 0 Å². The van der Waals surface area contributed by atoms with Gasteiger partial charge in [0.2, 0.25) is 0 Å². The van der Waals surface area contributed by atoms with Gasteiger partial charge in [-0.3, -0.25) is 4.84 Å². The largest absolute Gasteiger partial charge is 0.458 e. The van der Waals surface area contributed by atoms with Crippen molar-refractivity contribution in [3.63, 3.8) is 0 Å². The first-order valence-corrected chi connectivity index (χ1v) is 7.86. The van der Waals surface area contributed by atoms with E-state index in [0.29, 0.717) is 18.0 Å². The second-order valence-electron chi connectivity index (χ2n) is 5.63. The number of urea groups is 1. The molecule has 0 saturated heterocycles. The first kappa shape index (κ1) is 18.0. The van der Waals surface area contributed by atoms with Crippen molar-refractivity contribution in [2.24, 2.45) is 0 Å². The maximum atomic E-state index is 11.7. The van der Waals surface area contributed by atoms with E-state index in [4.69, 9.17) is 14.3 Å². The van der Waals surface area contributed by atoms with Crippen LogP contribution in [0, 0.1) is 0 Å². The number of ether oxygens (including phenoxy) is 2. The summed E-state index contributed by atoms with van der Waals surface area (Å²) >= 11 is 0. The lowest BCUT2D eigenvalue weighted by atomic mass is 9.97. The summed E-state index contributed by atoms with van der Waals surface area (Å²) in [5.74, 6) is 1.48. The topological polar surface area (TPSA) is 60.0 Å². The molecule has 130 valence electrons. The zero-order chi connectivity index (χ0) is 17.6. The lowest BCUT2D eigenvalue weighted by Crippen LogP contribution is -2.30. The first-order chi connectivity index (χ1) is 11.5. The molecule has 2 amide bonds. The molecule has 0 heterocycles. The predicted octanol–water partition coefficient (Wildman–Crippen LogP) is 3.73. The second kappa shape index (κ2) is 7.99. The molecule has 0 fully saturated rings. The van der Waals surface area contributed by atoms with Gasteiger partial charge in [0.15, 0.2) is 0 Å². The van der Waals surface area contributed by atoms with Gasteiger partial charge in [-0.1, -0.05) is 0 Å². The number of rotatable bonds is 6. The Balaban J connectivity index is 1.92. The van der Waals surface area contributed by atoms with E-state index in [1.807, 2.05) is 25.2 Å². The molecule has 6 nitrogen and oxygen atoms in total. The van der Waals surface area contributed by atoms with Gasteiger partial charge in [0.1, 0.15) is 11.5 Å². The van der Waals surface area contributed by atoms with Crippen molar-refractivity contribution >= 4 is 11.7 Å². The number of nitrogens with zero attached hydrogens (tertiary/aromatic N) is 1. The highest BCUT2D eigenvalue weighted by Gasteiger charge is 2.23. The molecule has 1 aromatic rings. The third-order valence-electron chi connectivity index (χ3n) is 3.68. The van der Waals surface area contributed by atoms with E-state index < -0.39 is 0 Å². The van der Waals surface area contributed by atoms with E-state index in [2.05, 4.69) is 12.2 Å². The number of allylic oxidation sites excluding steroid dienone is 1. The average molecular weight is 332 g/mol. The number of hydrogen-bond donors (Lipinski definition) is 1. The monoisotopic (exact) mass is 332 g/mol. The van der Waals surface area contributed by atoms with E-state index in [1.54, 1.807) is 24.3 Å². The van der Waals surface area contributed by atoms with Gasteiger partial charge < -0.3 is 14.8 Å². The highest BCUT2D eigenvalue weighted by atomic mass is 16.7. The molecule has 1 atom stereocenters. The van der Waals surface area contributed by atoms with E-state index in [1.165, 1.54) is 14.2 Å². The molecular formula is C18H24N2O4. The minimum atomic E-state index is -0.348. The van der Waals surface area contributed by atoms with Gasteiger partial charge >= 0.3 is 6.03 Å². The number of hydroxylamine groups is 2. The third-order valence-corrected chi connectivity index (χ3v) is 3.68. The average Bonchev–Trinajstić information content (AvgIpc) is 2.58. The van der Waals surface area contributed by atoms with Crippen molar-refractivity contribution in [1.29, 1.82) is 0 Å². The summed E-state index contributed by atoms with van der Waals surface area (Å²) in [6.07, 6.45) is 6.71. The highest BCUT2D eigenvalue weighted by Crippen LogP contribution is 2.26. The van der Waals surface area contributed by atoms with E-state index >= 15 is 0 Å². The Hall–Kier alpha value is -2.31. The number of carbonyl (C=O) groups excluding carboxylic acids is 1. The van der Waals surface area contributed by atoms with Crippen LogP contribution in [0.1, 0.15) is 20.3 Å². The Bertz CT molecular complexity index is 624. The van der Waals surface area contributed by atoms with Crippen molar-refractivity contribution < 1.29 is 19.1 Å². The van der Waals surface area contributed by atoms with E-state index in [9.17, 15) is 4.79 Å². The molecule has 1 aliphatic rings. The normalized spacial score (nSPS) is 19.6. The summed E-state index contributed by atoms with van der Waals surface area (Å²) in [7, 11) is 2.96. The van der Waals surface area contributed by atoms with E-state index in [-0.39, 0.29) is 11.6 Å². The Morgan fingerprint density at radius 2 is 2.04 bits per heavy atom. The van der Waals surface area contributed by atoms with Crippen molar-refractivity contribution in [3.8, 4) is 5.75 Å². The van der Waals surface area contributed by atoms with Crippen molar-refractivity contribution in [3.05, 3.63) is 48.3 Å². The number of nitrogens with one attached hydrogen (secondary N) is 1. The molecule has 0 aromatic heterocycles. The van der Waals surface area contributed by atoms with Crippen LogP contribution in [0.25, 0.3) is 0 Å². The Morgan fingerprint density at radius 1 is 1.33 bits per heavy atom. The van der Waals surface area contributed by atoms with Crippen LogP contribution in [0.4, 0.5) is 10.5 Å². The predicted molar refractivity (Wildman–Crippen MR) is 92.7 cm³/mol. The molecule has 0 saturated carbocycles. The van der Waals surface area contributed by atoms with Crippen LogP contribution in [-0.2, 0) is 9.57 Å². The summed E-state index contributed by atoms with van der Waals surface area (Å²) in [5.41, 5.74) is 0.400. The fraction of sp³-hybridized carbons (Fsp3) is 0.389. The second-order valence-corrected chi connectivity index (χ2v) is 5.63. The molecule has 0 aliphatic heterocycles. The molecule has 0 spiro atoms. The van der Waals surface area contributed by atoms with Gasteiger partial charge in [-0.25, -0.2) is 9.86 Å². The lowest BCUT2D eigenvalue weighted by molar-refractivity contribution is -0.0598. The SMILES string of the molecule is CCOC1(C)C=CC(Oc2ccc(NC(=O)N(C)OC)cc2)=CC1. The summed E-state index contributed by atoms with van der Waals surface area (Å²) in [5, 5.41) is 3.82. The molecule has 2 rings (SSSR count). The lowest BCUT2D eigenvalue weighted by Gasteiger charge is -2.27. The standard InChI is InChI=1S/C18H24N2O4/c1-5-23-18(2)12-10-16(11-13-18)24-15-8-6-14(7-9-15)19-17(21)20(3)22-4/h6-12H,5,13H2,1-4H3,(H,19,21). The molecule has 1 aliphatic carbocycles. The smallest absolute Gasteiger partial charge is 0.345 e. The molecular weight excluding hydrogens is 308 g/mol. The van der Waals surface area contributed by atoms with Gasteiger partial charge in [-0.05, 0) is 56.3 Å². The van der Waals surface area contributed by atoms with Gasteiger partial charge in [0.05, 0.1) is 12.7 Å². The third kappa shape index (κ3) is 4.84. The molecule has 6 heteroatoms. The molecule has 1 N–H and O–H groups in total. The van der Waals surface area contributed by atoms with Gasteiger partial charge in [0, 0.05) is 25.8 Å². The van der Waals surface area contributed by atoms with Crippen LogP contribution < -0.4 is 10.1 Å². The molecule has 1 aromatic carbocycles. The van der Waals surface area contributed by atoms with E-state index in [0.717, 1.165) is 17.2 Å². The maximum absolute atomic E-state index is 11.7. The summed E-state index contributed by atoms with van der Waals surface area (Å²) in [4.78, 5) is 16.5. The number of anilines is 1. The quantitative estimate of drug-likeness (QED) is 0.806. The zero-order valence-electron chi connectivity index (χ0n) is 14.5. The van der Waals surface area contributed by atoms with Crippen LogP contribution in [0.15, 0.2) is 48.3 Å². The summed E-state index contributed by atoms with van der Waals surface area (Å²) < 4.78 is 11.5. The maximum Gasteiger partial charge on any atom is 0.345 e. The minimum Gasteiger partial charge on any atom is -0.458 e. The minimum absolute atomic E-state index is 0.261. The van der Waals surface area contributed by atoms with Crippen molar-refractivity contribution in [2.45, 2.75) is 25.9 Å². The van der Waals surface area contributed by atoms with Crippen LogP contribution in [-0.4, -0.2) is 37.5 Å². The Kier molecular flexibility index (Phi) is 6.00. The van der Waals surface area contributed by atoms with Crippen molar-refractivity contribution in [1.82, 2.24) is 5.06 Å².